The molecule has 0 amide bonds. The highest BCUT2D eigenvalue weighted by atomic mass is 15.2. The molecule has 68 valence electrons. The van der Waals surface area contributed by atoms with Gasteiger partial charge in [-0.2, -0.15) is 0 Å². The van der Waals surface area contributed by atoms with E-state index in [9.17, 15) is 0 Å². The summed E-state index contributed by atoms with van der Waals surface area (Å²) < 4.78 is 0. The van der Waals surface area contributed by atoms with Crippen LogP contribution < -0.4 is 0 Å². The Labute approximate surface area is 75.4 Å². The largest absolute Gasteiger partial charge is 0.372 e. The van der Waals surface area contributed by atoms with E-state index in [4.69, 9.17) is 0 Å². The van der Waals surface area contributed by atoms with E-state index in [0.29, 0.717) is 0 Å². The Morgan fingerprint density at radius 3 is 2.83 bits per heavy atom. The average Bonchev–Trinajstić information content (AvgIpc) is 2.30. The molecule has 2 aliphatic rings. The van der Waals surface area contributed by atoms with Gasteiger partial charge in [0.25, 0.3) is 0 Å². The van der Waals surface area contributed by atoms with Crippen molar-refractivity contribution in [3.8, 4) is 0 Å². The fourth-order valence-electron chi connectivity index (χ4n) is 2.58. The molecule has 0 radical (unpaired) electrons. The summed E-state index contributed by atoms with van der Waals surface area (Å²) in [5, 5.41) is 0. The lowest BCUT2D eigenvalue weighted by atomic mass is 9.97. The summed E-state index contributed by atoms with van der Waals surface area (Å²) in [4.78, 5) is 2.58. The molecule has 2 aliphatic heterocycles. The summed E-state index contributed by atoms with van der Waals surface area (Å²) in [6.45, 7) is 5.45. The highest BCUT2D eigenvalue weighted by Gasteiger charge is 2.24. The van der Waals surface area contributed by atoms with Gasteiger partial charge in [0.2, 0.25) is 0 Å². The Bertz CT molecular complexity index is 174. The van der Waals surface area contributed by atoms with Crippen molar-refractivity contribution in [1.82, 2.24) is 4.90 Å². The first-order chi connectivity index (χ1) is 5.88. The van der Waals surface area contributed by atoms with Crippen LogP contribution in [0.1, 0.15) is 44.9 Å². The van der Waals surface area contributed by atoms with Crippen LogP contribution in [0.4, 0.5) is 0 Å². The summed E-state index contributed by atoms with van der Waals surface area (Å²) in [7, 11) is 0. The number of rotatable bonds is 0. The summed E-state index contributed by atoms with van der Waals surface area (Å²) in [5.41, 5.74) is 1.41. The van der Waals surface area contributed by atoms with Gasteiger partial charge in [-0.05, 0) is 32.1 Å². The van der Waals surface area contributed by atoms with Crippen molar-refractivity contribution in [3.05, 3.63) is 12.3 Å². The van der Waals surface area contributed by atoms with E-state index in [2.05, 4.69) is 11.5 Å². The van der Waals surface area contributed by atoms with Crippen molar-refractivity contribution in [2.75, 3.05) is 6.54 Å². The van der Waals surface area contributed by atoms with Crippen molar-refractivity contribution >= 4 is 0 Å². The molecule has 1 nitrogen and oxygen atoms in total. The zero-order chi connectivity index (χ0) is 8.39. The van der Waals surface area contributed by atoms with Gasteiger partial charge in [-0.1, -0.05) is 19.4 Å². The summed E-state index contributed by atoms with van der Waals surface area (Å²) in [6.07, 6.45) is 9.71. The normalized spacial score (nSPS) is 31.2. The quantitative estimate of drug-likeness (QED) is 0.533. The van der Waals surface area contributed by atoms with Gasteiger partial charge in [0.15, 0.2) is 0 Å². The monoisotopic (exact) mass is 165 g/mol. The molecule has 0 aromatic heterocycles. The molecule has 0 saturated carbocycles. The third-order valence-corrected chi connectivity index (χ3v) is 3.29. The number of hydrogen-bond acceptors (Lipinski definition) is 1. The van der Waals surface area contributed by atoms with Crippen LogP contribution in [0.2, 0.25) is 0 Å². The number of hydrogen-bond donors (Lipinski definition) is 0. The minimum Gasteiger partial charge on any atom is -0.372 e. The van der Waals surface area contributed by atoms with Gasteiger partial charge in [-0.3, -0.25) is 0 Å². The Morgan fingerprint density at radius 1 is 1.08 bits per heavy atom. The minimum atomic E-state index is 0.855. The molecule has 2 fully saturated rings. The van der Waals surface area contributed by atoms with E-state index in [0.717, 1.165) is 6.04 Å². The number of fused-ring (bicyclic) bond motifs is 1. The first kappa shape index (κ1) is 8.15. The molecule has 2 heterocycles. The standard InChI is InChI=1S/C11H19N/c1-10-6-5-8-11-7-3-2-4-9-12(10)11/h11H,1-9H2. The van der Waals surface area contributed by atoms with E-state index in [-0.39, 0.29) is 0 Å². The zero-order valence-electron chi connectivity index (χ0n) is 7.89. The first-order valence-corrected chi connectivity index (χ1v) is 5.32. The van der Waals surface area contributed by atoms with Crippen LogP contribution in [0.25, 0.3) is 0 Å². The average molecular weight is 165 g/mol. The highest BCUT2D eigenvalue weighted by Crippen LogP contribution is 2.30. The molecule has 1 heteroatoms. The predicted molar refractivity (Wildman–Crippen MR) is 52.0 cm³/mol. The van der Waals surface area contributed by atoms with Crippen LogP contribution in [0.15, 0.2) is 12.3 Å². The zero-order valence-corrected chi connectivity index (χ0v) is 7.89. The summed E-state index contributed by atoms with van der Waals surface area (Å²) >= 11 is 0. The second kappa shape index (κ2) is 3.51. The number of allylic oxidation sites excluding steroid dienone is 1. The smallest absolute Gasteiger partial charge is 0.0286 e. The SMILES string of the molecule is C=C1CCCC2CCCCCN12. The first-order valence-electron chi connectivity index (χ1n) is 5.32. The van der Waals surface area contributed by atoms with Gasteiger partial charge in [0, 0.05) is 18.3 Å². The molecular weight excluding hydrogens is 146 g/mol. The molecule has 0 spiro atoms. The van der Waals surface area contributed by atoms with Gasteiger partial charge in [0.05, 0.1) is 0 Å². The van der Waals surface area contributed by atoms with Crippen molar-refractivity contribution in [1.29, 1.82) is 0 Å². The van der Waals surface area contributed by atoms with Crippen LogP contribution in [0.5, 0.6) is 0 Å². The molecule has 0 bridgehead atoms. The third kappa shape index (κ3) is 1.50. The van der Waals surface area contributed by atoms with Gasteiger partial charge in [0.1, 0.15) is 0 Å². The van der Waals surface area contributed by atoms with E-state index >= 15 is 0 Å². The van der Waals surface area contributed by atoms with Crippen molar-refractivity contribution in [2.45, 2.75) is 51.0 Å². The Hall–Kier alpha value is -0.460. The van der Waals surface area contributed by atoms with Gasteiger partial charge in [-0.25, -0.2) is 0 Å². The molecular formula is C11H19N. The second-order valence-electron chi connectivity index (χ2n) is 4.16. The van der Waals surface area contributed by atoms with Crippen LogP contribution >= 0.6 is 0 Å². The van der Waals surface area contributed by atoms with Crippen LogP contribution in [-0.4, -0.2) is 17.5 Å². The van der Waals surface area contributed by atoms with E-state index < -0.39 is 0 Å². The Balaban J connectivity index is 2.05. The van der Waals surface area contributed by atoms with Gasteiger partial charge >= 0.3 is 0 Å². The Morgan fingerprint density at radius 2 is 1.92 bits per heavy atom. The van der Waals surface area contributed by atoms with Crippen molar-refractivity contribution in [3.63, 3.8) is 0 Å². The molecule has 0 aliphatic carbocycles. The van der Waals surface area contributed by atoms with E-state index in [1.165, 1.54) is 57.2 Å². The predicted octanol–water partition coefficient (Wildman–Crippen LogP) is 2.93. The third-order valence-electron chi connectivity index (χ3n) is 3.29. The van der Waals surface area contributed by atoms with Crippen LogP contribution in [-0.2, 0) is 0 Å². The fraction of sp³-hybridized carbons (Fsp3) is 0.818. The molecule has 1 unspecified atom stereocenters. The van der Waals surface area contributed by atoms with Crippen molar-refractivity contribution in [2.24, 2.45) is 0 Å². The van der Waals surface area contributed by atoms with Gasteiger partial charge in [-0.15, -0.1) is 0 Å². The lowest BCUT2D eigenvalue weighted by molar-refractivity contribution is 0.203. The lowest BCUT2D eigenvalue weighted by Crippen LogP contribution is -2.36. The molecule has 0 aromatic carbocycles. The molecule has 2 saturated heterocycles. The molecule has 0 aromatic rings. The number of piperidine rings is 1. The van der Waals surface area contributed by atoms with E-state index in [1.807, 2.05) is 0 Å². The van der Waals surface area contributed by atoms with E-state index in [1.54, 1.807) is 0 Å². The van der Waals surface area contributed by atoms with Crippen LogP contribution in [0, 0.1) is 0 Å². The lowest BCUT2D eigenvalue weighted by Gasteiger charge is -2.37. The topological polar surface area (TPSA) is 3.24 Å². The molecule has 1 atom stereocenters. The highest BCUT2D eigenvalue weighted by molar-refractivity contribution is 5.01. The second-order valence-corrected chi connectivity index (χ2v) is 4.16. The van der Waals surface area contributed by atoms with Crippen LogP contribution in [0.3, 0.4) is 0 Å². The number of nitrogens with zero attached hydrogens (tertiary/aromatic N) is 1. The molecule has 12 heavy (non-hydrogen) atoms. The fourth-order valence-corrected chi connectivity index (χ4v) is 2.58. The summed E-state index contributed by atoms with van der Waals surface area (Å²) in [5.74, 6) is 0. The Kier molecular flexibility index (Phi) is 2.38. The maximum Gasteiger partial charge on any atom is 0.0286 e. The van der Waals surface area contributed by atoms with Crippen molar-refractivity contribution < 1.29 is 0 Å². The maximum atomic E-state index is 4.17. The minimum absolute atomic E-state index is 0.855. The maximum absolute atomic E-state index is 4.17. The van der Waals surface area contributed by atoms with Gasteiger partial charge < -0.3 is 4.90 Å². The molecule has 2 rings (SSSR count). The molecule has 0 N–H and O–H groups in total. The summed E-state index contributed by atoms with van der Waals surface area (Å²) in [6, 6.07) is 0.855.